The number of nitrogens with one attached hydrogen (secondary N) is 1. The van der Waals surface area contributed by atoms with E-state index < -0.39 is 0 Å². The second-order valence-corrected chi connectivity index (χ2v) is 6.98. The summed E-state index contributed by atoms with van der Waals surface area (Å²) in [6.45, 7) is 1.93. The lowest BCUT2D eigenvalue weighted by Crippen LogP contribution is -2.38. The molecule has 1 aliphatic heterocycles. The Balaban J connectivity index is 1.30. The first-order valence-electron chi connectivity index (χ1n) is 9.71. The predicted octanol–water partition coefficient (Wildman–Crippen LogP) is 4.99. The quantitative estimate of drug-likeness (QED) is 0.686. The highest BCUT2D eigenvalue weighted by Gasteiger charge is 2.20. The first-order chi connectivity index (χ1) is 13.8. The normalized spacial score (nSPS) is 14.5. The molecule has 0 unspecified atom stereocenters. The van der Waals surface area contributed by atoms with Crippen molar-refractivity contribution in [1.29, 1.82) is 0 Å². The highest BCUT2D eigenvalue weighted by atomic mass is 16.5. The molecule has 1 amide bonds. The molecule has 28 heavy (non-hydrogen) atoms. The van der Waals surface area contributed by atoms with Gasteiger partial charge < -0.3 is 15.0 Å². The first-order valence-corrected chi connectivity index (χ1v) is 9.71. The van der Waals surface area contributed by atoms with Crippen LogP contribution in [0.25, 0.3) is 0 Å². The van der Waals surface area contributed by atoms with Crippen LogP contribution in [0.2, 0.25) is 0 Å². The molecule has 3 aromatic rings. The molecule has 0 saturated carbocycles. The molecule has 0 radical (unpaired) electrons. The van der Waals surface area contributed by atoms with Gasteiger partial charge in [0.05, 0.1) is 0 Å². The van der Waals surface area contributed by atoms with Crippen molar-refractivity contribution in [2.24, 2.45) is 0 Å². The zero-order chi connectivity index (χ0) is 19.2. The molecule has 0 atom stereocenters. The summed E-state index contributed by atoms with van der Waals surface area (Å²) in [6, 6.07) is 27.3. The Labute approximate surface area is 165 Å². The molecule has 1 saturated heterocycles. The van der Waals surface area contributed by atoms with Crippen molar-refractivity contribution in [3.8, 4) is 5.75 Å². The molecule has 0 bridgehead atoms. The minimum atomic E-state index is -0.0905. The van der Waals surface area contributed by atoms with Crippen LogP contribution in [-0.4, -0.2) is 25.1 Å². The maximum atomic E-state index is 12.3. The number of hydrogen-bond acceptors (Lipinski definition) is 3. The summed E-state index contributed by atoms with van der Waals surface area (Å²) >= 11 is 0. The van der Waals surface area contributed by atoms with Gasteiger partial charge in [-0.2, -0.15) is 0 Å². The molecular formula is C24H24N2O2. The van der Waals surface area contributed by atoms with Crippen molar-refractivity contribution in [2.75, 3.05) is 23.3 Å². The summed E-state index contributed by atoms with van der Waals surface area (Å²) in [6.07, 6.45) is 2.27. The van der Waals surface area contributed by atoms with Gasteiger partial charge in [-0.15, -0.1) is 0 Å². The maximum absolute atomic E-state index is 12.3. The van der Waals surface area contributed by atoms with E-state index in [0.29, 0.717) is 5.56 Å². The fourth-order valence-electron chi connectivity index (χ4n) is 3.47. The number of anilines is 2. The van der Waals surface area contributed by atoms with E-state index in [0.717, 1.165) is 37.4 Å². The van der Waals surface area contributed by atoms with Crippen LogP contribution in [0.5, 0.6) is 5.75 Å². The molecule has 1 fully saturated rings. The average Bonchev–Trinajstić information content (AvgIpc) is 2.76. The lowest BCUT2D eigenvalue weighted by Gasteiger charge is -2.33. The van der Waals surface area contributed by atoms with E-state index in [9.17, 15) is 4.79 Å². The van der Waals surface area contributed by atoms with Crippen molar-refractivity contribution >= 4 is 17.3 Å². The number of carbonyl (C=O) groups excluding carboxylic acids is 1. The van der Waals surface area contributed by atoms with Gasteiger partial charge in [0.2, 0.25) is 0 Å². The van der Waals surface area contributed by atoms with E-state index >= 15 is 0 Å². The topological polar surface area (TPSA) is 41.6 Å². The Hall–Kier alpha value is -3.27. The highest BCUT2D eigenvalue weighted by molar-refractivity contribution is 6.04. The second kappa shape index (κ2) is 8.61. The summed E-state index contributed by atoms with van der Waals surface area (Å²) in [4.78, 5) is 14.6. The fourth-order valence-corrected chi connectivity index (χ4v) is 3.47. The molecule has 1 N–H and O–H groups in total. The van der Waals surface area contributed by atoms with Crippen LogP contribution >= 0.6 is 0 Å². The third-order valence-electron chi connectivity index (χ3n) is 5.01. The molecule has 142 valence electrons. The molecule has 3 aromatic carbocycles. The minimum Gasteiger partial charge on any atom is -0.490 e. The Kier molecular flexibility index (Phi) is 5.57. The number of para-hydroxylation sites is 1. The van der Waals surface area contributed by atoms with E-state index in [1.165, 1.54) is 5.69 Å². The predicted molar refractivity (Wildman–Crippen MR) is 113 cm³/mol. The van der Waals surface area contributed by atoms with Crippen LogP contribution in [-0.2, 0) is 0 Å². The summed E-state index contributed by atoms with van der Waals surface area (Å²) in [7, 11) is 0. The third kappa shape index (κ3) is 4.52. The minimum absolute atomic E-state index is 0.0905. The molecule has 1 heterocycles. The zero-order valence-corrected chi connectivity index (χ0v) is 15.8. The van der Waals surface area contributed by atoms with Gasteiger partial charge in [0.1, 0.15) is 11.9 Å². The Bertz CT molecular complexity index is 887. The van der Waals surface area contributed by atoms with Gasteiger partial charge in [-0.1, -0.05) is 36.4 Å². The molecule has 0 aliphatic carbocycles. The van der Waals surface area contributed by atoms with Crippen LogP contribution in [0.4, 0.5) is 11.4 Å². The van der Waals surface area contributed by atoms with Gasteiger partial charge in [-0.25, -0.2) is 0 Å². The monoisotopic (exact) mass is 372 g/mol. The number of hydrogen-bond donors (Lipinski definition) is 1. The van der Waals surface area contributed by atoms with Crippen molar-refractivity contribution in [3.05, 3.63) is 90.5 Å². The van der Waals surface area contributed by atoms with E-state index in [2.05, 4.69) is 22.3 Å². The summed E-state index contributed by atoms with van der Waals surface area (Å²) in [5.41, 5.74) is 2.64. The van der Waals surface area contributed by atoms with Crippen LogP contribution in [0.3, 0.4) is 0 Å². The molecule has 4 heteroatoms. The van der Waals surface area contributed by atoms with Gasteiger partial charge in [-0.3, -0.25) is 4.79 Å². The third-order valence-corrected chi connectivity index (χ3v) is 5.01. The smallest absolute Gasteiger partial charge is 0.255 e. The molecule has 1 aliphatic rings. The van der Waals surface area contributed by atoms with E-state index in [1.807, 2.05) is 72.8 Å². The molecule has 0 aromatic heterocycles. The number of ether oxygens (including phenoxy) is 1. The highest BCUT2D eigenvalue weighted by Crippen LogP contribution is 2.24. The van der Waals surface area contributed by atoms with Crippen LogP contribution in [0.1, 0.15) is 23.2 Å². The van der Waals surface area contributed by atoms with Gasteiger partial charge in [0, 0.05) is 42.9 Å². The standard InChI is InChI=1S/C24H24N2O2/c27-24(19-7-3-1-4-8-19)25-20-11-13-21(14-12-20)26-17-15-23(16-18-26)28-22-9-5-2-6-10-22/h1-14,23H,15-18H2,(H,25,27). The van der Waals surface area contributed by atoms with Crippen LogP contribution in [0.15, 0.2) is 84.9 Å². The Morgan fingerprint density at radius 3 is 2.07 bits per heavy atom. The second-order valence-electron chi connectivity index (χ2n) is 6.98. The average molecular weight is 372 g/mol. The van der Waals surface area contributed by atoms with Crippen LogP contribution in [0, 0.1) is 0 Å². The van der Waals surface area contributed by atoms with Gasteiger partial charge >= 0.3 is 0 Å². The summed E-state index contributed by atoms with van der Waals surface area (Å²) < 4.78 is 6.07. The Morgan fingerprint density at radius 2 is 1.43 bits per heavy atom. The number of piperidine rings is 1. The van der Waals surface area contributed by atoms with E-state index in [1.54, 1.807) is 0 Å². The van der Waals surface area contributed by atoms with Crippen molar-refractivity contribution < 1.29 is 9.53 Å². The molecule has 0 spiro atoms. The molecule has 4 nitrogen and oxygen atoms in total. The number of rotatable bonds is 5. The zero-order valence-electron chi connectivity index (χ0n) is 15.8. The van der Waals surface area contributed by atoms with Crippen LogP contribution < -0.4 is 15.0 Å². The number of benzene rings is 3. The van der Waals surface area contributed by atoms with Crippen molar-refractivity contribution in [3.63, 3.8) is 0 Å². The Morgan fingerprint density at radius 1 is 0.821 bits per heavy atom. The first kappa shape index (κ1) is 18.1. The largest absolute Gasteiger partial charge is 0.490 e. The summed E-state index contributed by atoms with van der Waals surface area (Å²) in [5, 5.41) is 2.95. The maximum Gasteiger partial charge on any atom is 0.255 e. The van der Waals surface area contributed by atoms with Gasteiger partial charge in [0.15, 0.2) is 0 Å². The van der Waals surface area contributed by atoms with Crippen molar-refractivity contribution in [2.45, 2.75) is 18.9 Å². The van der Waals surface area contributed by atoms with Crippen molar-refractivity contribution in [1.82, 2.24) is 0 Å². The van der Waals surface area contributed by atoms with E-state index in [-0.39, 0.29) is 12.0 Å². The number of amides is 1. The number of carbonyl (C=O) groups is 1. The lowest BCUT2D eigenvalue weighted by atomic mass is 10.1. The van der Waals surface area contributed by atoms with Gasteiger partial charge in [-0.05, 0) is 48.5 Å². The summed E-state index contributed by atoms with van der Waals surface area (Å²) in [5.74, 6) is 0.853. The molecule has 4 rings (SSSR count). The molecular weight excluding hydrogens is 348 g/mol. The number of nitrogens with zero attached hydrogens (tertiary/aromatic N) is 1. The SMILES string of the molecule is O=C(Nc1ccc(N2CCC(Oc3ccccc3)CC2)cc1)c1ccccc1. The fraction of sp³-hybridized carbons (Fsp3) is 0.208. The lowest BCUT2D eigenvalue weighted by molar-refractivity contribution is 0.102. The van der Waals surface area contributed by atoms with Gasteiger partial charge in [0.25, 0.3) is 5.91 Å². The van der Waals surface area contributed by atoms with E-state index in [4.69, 9.17) is 4.74 Å².